The molecule has 0 radical (unpaired) electrons. The zero-order chi connectivity index (χ0) is 15.7. The van der Waals surface area contributed by atoms with Crippen LogP contribution in [0.2, 0.25) is 0 Å². The van der Waals surface area contributed by atoms with Crippen LogP contribution in [0.15, 0.2) is 36.7 Å². The first-order valence-electron chi connectivity index (χ1n) is 6.77. The Hall–Kier alpha value is -2.38. The zero-order valence-corrected chi connectivity index (χ0v) is 11.5. The van der Waals surface area contributed by atoms with Gasteiger partial charge in [0.25, 0.3) is 5.91 Å². The Bertz CT molecular complexity index is 652. The average Bonchev–Trinajstić information content (AvgIpc) is 3.16. The molecule has 1 amide bonds. The first kappa shape index (κ1) is 14.6. The molecule has 0 N–H and O–H groups in total. The zero-order valence-electron chi connectivity index (χ0n) is 11.5. The number of nitrogens with zero attached hydrogens (tertiary/aromatic N) is 4. The first-order chi connectivity index (χ1) is 10.4. The van der Waals surface area contributed by atoms with Crippen LogP contribution in [-0.2, 0) is 6.18 Å². The molecule has 1 fully saturated rings. The van der Waals surface area contributed by atoms with Crippen LogP contribution in [0.1, 0.15) is 28.4 Å². The van der Waals surface area contributed by atoms with Crippen molar-refractivity contribution in [3.8, 4) is 0 Å². The van der Waals surface area contributed by atoms with Crippen molar-refractivity contribution in [2.75, 3.05) is 13.1 Å². The Kier molecular flexibility index (Phi) is 3.59. The molecule has 0 aliphatic carbocycles. The molecule has 1 aromatic heterocycles. The van der Waals surface area contributed by atoms with E-state index < -0.39 is 11.7 Å². The maximum atomic E-state index is 12.5. The van der Waals surface area contributed by atoms with Gasteiger partial charge in [-0.15, -0.1) is 0 Å². The standard InChI is InChI=1S/C14H13F3N4O/c15-14(16,17)11-3-1-10(2-4-11)13(22)20-8-5-12(9-20)21-18-6-7-19-21/h1-4,6-7,12H,5,8-9H2/t12-/m1/s1. The van der Waals surface area contributed by atoms with Gasteiger partial charge in [-0.25, -0.2) is 0 Å². The van der Waals surface area contributed by atoms with Crippen molar-refractivity contribution >= 4 is 5.91 Å². The predicted molar refractivity (Wildman–Crippen MR) is 71.0 cm³/mol. The number of aromatic nitrogens is 3. The van der Waals surface area contributed by atoms with Gasteiger partial charge in [-0.05, 0) is 30.7 Å². The van der Waals surface area contributed by atoms with E-state index in [1.54, 1.807) is 22.1 Å². The van der Waals surface area contributed by atoms with Gasteiger partial charge in [-0.3, -0.25) is 4.79 Å². The number of amides is 1. The van der Waals surface area contributed by atoms with Crippen LogP contribution in [0, 0.1) is 0 Å². The fourth-order valence-electron chi connectivity index (χ4n) is 2.51. The number of hydrogen-bond donors (Lipinski definition) is 0. The minimum atomic E-state index is -4.40. The van der Waals surface area contributed by atoms with Gasteiger partial charge in [0.05, 0.1) is 24.0 Å². The van der Waals surface area contributed by atoms with E-state index in [9.17, 15) is 18.0 Å². The molecule has 1 aliphatic heterocycles. The molecule has 1 aromatic carbocycles. The summed E-state index contributed by atoms with van der Waals surface area (Å²) < 4.78 is 37.6. The van der Waals surface area contributed by atoms with Crippen molar-refractivity contribution in [1.82, 2.24) is 19.9 Å². The van der Waals surface area contributed by atoms with Crippen LogP contribution in [0.3, 0.4) is 0 Å². The number of alkyl halides is 3. The van der Waals surface area contributed by atoms with E-state index in [0.717, 1.165) is 18.6 Å². The Morgan fingerprint density at radius 3 is 2.36 bits per heavy atom. The normalized spacial score (nSPS) is 18.7. The van der Waals surface area contributed by atoms with Crippen LogP contribution in [-0.4, -0.2) is 38.9 Å². The van der Waals surface area contributed by atoms with E-state index >= 15 is 0 Å². The minimum Gasteiger partial charge on any atom is -0.336 e. The lowest BCUT2D eigenvalue weighted by Crippen LogP contribution is -2.29. The molecule has 2 heterocycles. The highest BCUT2D eigenvalue weighted by Gasteiger charge is 2.32. The van der Waals surface area contributed by atoms with E-state index in [4.69, 9.17) is 0 Å². The van der Waals surface area contributed by atoms with Crippen molar-refractivity contribution in [3.63, 3.8) is 0 Å². The lowest BCUT2D eigenvalue weighted by atomic mass is 10.1. The smallest absolute Gasteiger partial charge is 0.336 e. The maximum absolute atomic E-state index is 12.5. The fourth-order valence-corrected chi connectivity index (χ4v) is 2.51. The van der Waals surface area contributed by atoms with Gasteiger partial charge in [0.15, 0.2) is 0 Å². The Balaban J connectivity index is 1.70. The summed E-state index contributed by atoms with van der Waals surface area (Å²) >= 11 is 0. The third kappa shape index (κ3) is 2.81. The molecule has 0 bridgehead atoms. The third-order valence-corrected chi connectivity index (χ3v) is 3.67. The highest BCUT2D eigenvalue weighted by atomic mass is 19.4. The topological polar surface area (TPSA) is 51.0 Å². The number of carbonyl (C=O) groups excluding carboxylic acids is 1. The average molecular weight is 310 g/mol. The molecule has 0 saturated carbocycles. The van der Waals surface area contributed by atoms with Gasteiger partial charge in [0.2, 0.25) is 0 Å². The quantitative estimate of drug-likeness (QED) is 0.856. The molecule has 22 heavy (non-hydrogen) atoms. The van der Waals surface area contributed by atoms with Crippen molar-refractivity contribution in [2.24, 2.45) is 0 Å². The highest BCUT2D eigenvalue weighted by Crippen LogP contribution is 2.29. The van der Waals surface area contributed by atoms with E-state index in [1.165, 1.54) is 12.1 Å². The molecule has 1 saturated heterocycles. The summed E-state index contributed by atoms with van der Waals surface area (Å²) in [5.41, 5.74) is -0.508. The van der Waals surface area contributed by atoms with Crippen LogP contribution in [0.5, 0.6) is 0 Å². The van der Waals surface area contributed by atoms with Gasteiger partial charge in [-0.1, -0.05) is 0 Å². The Morgan fingerprint density at radius 1 is 1.14 bits per heavy atom. The van der Waals surface area contributed by atoms with Crippen molar-refractivity contribution < 1.29 is 18.0 Å². The first-order valence-corrected chi connectivity index (χ1v) is 6.77. The number of carbonyl (C=O) groups is 1. The summed E-state index contributed by atoms with van der Waals surface area (Å²) in [6.07, 6.45) is -0.534. The monoisotopic (exact) mass is 310 g/mol. The largest absolute Gasteiger partial charge is 0.416 e. The summed E-state index contributed by atoms with van der Waals surface area (Å²) in [7, 11) is 0. The van der Waals surface area contributed by atoms with Crippen molar-refractivity contribution in [3.05, 3.63) is 47.8 Å². The molecule has 3 rings (SSSR count). The predicted octanol–water partition coefficient (Wildman–Crippen LogP) is 2.38. The van der Waals surface area contributed by atoms with Gasteiger partial charge in [0, 0.05) is 18.7 Å². The van der Waals surface area contributed by atoms with Gasteiger partial charge >= 0.3 is 6.18 Å². The van der Waals surface area contributed by atoms with E-state index in [1.807, 2.05) is 0 Å². The number of halogens is 3. The van der Waals surface area contributed by atoms with Crippen LogP contribution in [0.4, 0.5) is 13.2 Å². The second kappa shape index (κ2) is 5.43. The number of rotatable bonds is 2. The SMILES string of the molecule is O=C(c1ccc(C(F)(F)F)cc1)N1CC[C@@H](n2nccn2)C1. The second-order valence-electron chi connectivity index (χ2n) is 5.12. The lowest BCUT2D eigenvalue weighted by Gasteiger charge is -2.16. The van der Waals surface area contributed by atoms with E-state index in [2.05, 4.69) is 10.2 Å². The van der Waals surface area contributed by atoms with Crippen molar-refractivity contribution in [2.45, 2.75) is 18.6 Å². The summed E-state index contributed by atoms with van der Waals surface area (Å²) in [6.45, 7) is 0.987. The molecule has 1 atom stereocenters. The molecule has 116 valence electrons. The van der Waals surface area contributed by atoms with Crippen LogP contribution >= 0.6 is 0 Å². The Labute approximate surface area is 124 Å². The van der Waals surface area contributed by atoms with Gasteiger partial charge in [0.1, 0.15) is 0 Å². The maximum Gasteiger partial charge on any atom is 0.416 e. The van der Waals surface area contributed by atoms with Crippen LogP contribution < -0.4 is 0 Å². The molecular weight excluding hydrogens is 297 g/mol. The molecule has 2 aromatic rings. The van der Waals surface area contributed by atoms with E-state index in [-0.39, 0.29) is 17.5 Å². The van der Waals surface area contributed by atoms with Crippen molar-refractivity contribution in [1.29, 1.82) is 0 Å². The third-order valence-electron chi connectivity index (χ3n) is 3.67. The molecule has 1 aliphatic rings. The summed E-state index contributed by atoms with van der Waals surface area (Å²) in [5.74, 6) is -0.275. The van der Waals surface area contributed by atoms with Crippen LogP contribution in [0.25, 0.3) is 0 Å². The minimum absolute atomic E-state index is 0.00778. The second-order valence-corrected chi connectivity index (χ2v) is 5.12. The molecule has 0 unspecified atom stereocenters. The molecule has 8 heteroatoms. The summed E-state index contributed by atoms with van der Waals surface area (Å²) in [6, 6.07) is 4.29. The fraction of sp³-hybridized carbons (Fsp3) is 0.357. The van der Waals surface area contributed by atoms with E-state index in [0.29, 0.717) is 13.1 Å². The Morgan fingerprint density at radius 2 is 1.77 bits per heavy atom. The number of benzene rings is 1. The summed E-state index contributed by atoms with van der Waals surface area (Å²) in [4.78, 5) is 15.5. The number of likely N-dealkylation sites (tertiary alicyclic amines) is 1. The molecular formula is C14H13F3N4O. The molecule has 0 spiro atoms. The molecule has 5 nitrogen and oxygen atoms in total. The van der Waals surface area contributed by atoms with Gasteiger partial charge < -0.3 is 4.90 Å². The van der Waals surface area contributed by atoms with Gasteiger partial charge in [-0.2, -0.15) is 28.2 Å². The number of hydrogen-bond acceptors (Lipinski definition) is 3. The highest BCUT2D eigenvalue weighted by molar-refractivity contribution is 5.94. The summed E-state index contributed by atoms with van der Waals surface area (Å²) in [5, 5.41) is 8.09. The lowest BCUT2D eigenvalue weighted by molar-refractivity contribution is -0.137.